The molecule has 10 heteroatoms. The Bertz CT molecular complexity index is 3130. The van der Waals surface area contributed by atoms with Crippen molar-refractivity contribution in [3.63, 3.8) is 0 Å². The number of hydrogen-bond donors (Lipinski definition) is 0. The minimum atomic E-state index is -0.844. The van der Waals surface area contributed by atoms with Gasteiger partial charge in [-0.2, -0.15) is 0 Å². The molecule has 6 aromatic carbocycles. The quantitative estimate of drug-likeness (QED) is 0.146. The summed E-state index contributed by atoms with van der Waals surface area (Å²) in [7, 11) is 0. The first-order valence-electron chi connectivity index (χ1n) is 25.4. The molecule has 72 heavy (non-hydrogen) atoms. The highest BCUT2D eigenvalue weighted by Crippen LogP contribution is 2.56. The molecule has 8 bridgehead atoms. The van der Waals surface area contributed by atoms with E-state index < -0.39 is 12.6 Å². The van der Waals surface area contributed by atoms with Gasteiger partial charge in [0.25, 0.3) is 12.6 Å². The van der Waals surface area contributed by atoms with E-state index >= 15 is 0 Å². The maximum atomic E-state index is 7.27. The second-order valence-electron chi connectivity index (χ2n) is 19.2. The molecule has 0 saturated heterocycles. The molecule has 4 aliphatic heterocycles. The summed E-state index contributed by atoms with van der Waals surface area (Å²) in [5.41, 5.74) is 14.6. The highest BCUT2D eigenvalue weighted by atomic mass is 16.7. The highest BCUT2D eigenvalue weighted by Gasteiger charge is 2.38. The van der Waals surface area contributed by atoms with Crippen molar-refractivity contribution in [2.24, 2.45) is 0 Å². The first-order chi connectivity index (χ1) is 35.5. The summed E-state index contributed by atoms with van der Waals surface area (Å²) in [6.45, 7) is 8.97. The number of aromatic nitrogens is 2. The number of ether oxygens (including phenoxy) is 8. The molecule has 6 heterocycles. The first-order valence-corrected chi connectivity index (χ1v) is 25.4. The van der Waals surface area contributed by atoms with E-state index in [2.05, 4.69) is 129 Å². The molecule has 360 valence electrons. The van der Waals surface area contributed by atoms with E-state index in [1.165, 1.54) is 0 Å². The van der Waals surface area contributed by atoms with Crippen LogP contribution in [0.15, 0.2) is 146 Å². The number of pyridine rings is 2. The molecular weight excluding hydrogens is 901 g/mol. The summed E-state index contributed by atoms with van der Waals surface area (Å²) >= 11 is 0. The zero-order chi connectivity index (χ0) is 48.5. The minimum absolute atomic E-state index is 0.00748. The number of rotatable bonds is 8. The molecule has 2 aromatic heterocycles. The van der Waals surface area contributed by atoms with Crippen molar-refractivity contribution in [3.8, 4) is 68.2 Å². The van der Waals surface area contributed by atoms with Crippen molar-refractivity contribution in [2.45, 2.75) is 89.6 Å². The summed E-state index contributed by atoms with van der Waals surface area (Å²) in [6.07, 6.45) is 8.69. The number of benzene rings is 6. The van der Waals surface area contributed by atoms with Gasteiger partial charge >= 0.3 is 0 Å². The Hall–Kier alpha value is -7.98. The van der Waals surface area contributed by atoms with Gasteiger partial charge < -0.3 is 37.9 Å². The maximum Gasteiger partial charge on any atom is 0.267 e. The van der Waals surface area contributed by atoms with Gasteiger partial charge in [-0.15, -0.1) is 0 Å². The summed E-state index contributed by atoms with van der Waals surface area (Å²) < 4.78 is 55.3. The van der Waals surface area contributed by atoms with Crippen molar-refractivity contribution in [1.82, 2.24) is 9.97 Å². The summed E-state index contributed by atoms with van der Waals surface area (Å²) in [5.74, 6) is 5.27. The third-order valence-corrected chi connectivity index (χ3v) is 15.4. The van der Waals surface area contributed by atoms with Crippen molar-refractivity contribution < 1.29 is 37.9 Å². The fourth-order valence-corrected chi connectivity index (χ4v) is 11.7. The molecule has 0 amide bonds. The van der Waals surface area contributed by atoms with E-state index in [9.17, 15) is 0 Å². The van der Waals surface area contributed by atoms with Crippen LogP contribution >= 0.6 is 0 Å². The monoisotopic (exact) mass is 954 g/mol. The molecule has 0 fully saturated rings. The average Bonchev–Trinajstić information content (AvgIpc) is 3.40. The molecule has 0 radical (unpaired) electrons. The van der Waals surface area contributed by atoms with Gasteiger partial charge in [-0.1, -0.05) is 76.2 Å². The van der Waals surface area contributed by atoms with E-state index in [4.69, 9.17) is 37.9 Å². The van der Waals surface area contributed by atoms with Gasteiger partial charge in [-0.25, -0.2) is 0 Å². The summed E-state index contributed by atoms with van der Waals surface area (Å²) in [6, 6.07) is 42.4. The van der Waals surface area contributed by atoms with Gasteiger partial charge in [-0.05, 0) is 96.5 Å². The lowest BCUT2D eigenvalue weighted by Crippen LogP contribution is -2.24. The molecule has 8 aromatic rings. The fourth-order valence-electron chi connectivity index (χ4n) is 11.7. The normalized spacial score (nSPS) is 20.7. The van der Waals surface area contributed by atoms with Gasteiger partial charge in [0.2, 0.25) is 13.6 Å². The zero-order valence-corrected chi connectivity index (χ0v) is 40.7. The van der Waals surface area contributed by atoms with Crippen molar-refractivity contribution >= 4 is 0 Å². The molecule has 5 aliphatic rings. The lowest BCUT2D eigenvalue weighted by molar-refractivity contribution is -0.00661. The van der Waals surface area contributed by atoms with E-state index in [1.807, 2.05) is 55.1 Å². The molecule has 6 atom stereocenters. The molecule has 1 aliphatic carbocycles. The van der Waals surface area contributed by atoms with Crippen molar-refractivity contribution in [3.05, 3.63) is 202 Å². The SMILES string of the molecule is CCC1c2cc3c4cc2OCOc2cc5c(cc21)C(CC)c1cc2c(cc1OC(c1ccc(-c6ccncc6)cc1)O5)OC(c1ccc(-c5ccncc5)cc1)Oc1cc(c(cc1C2CC)C3CC)OCO4. The van der Waals surface area contributed by atoms with E-state index in [-0.39, 0.29) is 37.3 Å². The Morgan fingerprint density at radius 2 is 0.569 bits per heavy atom. The van der Waals surface area contributed by atoms with Crippen LogP contribution in [-0.4, -0.2) is 23.6 Å². The van der Waals surface area contributed by atoms with Crippen LogP contribution in [0.25, 0.3) is 22.3 Å². The van der Waals surface area contributed by atoms with Gasteiger partial charge in [0.1, 0.15) is 46.0 Å². The van der Waals surface area contributed by atoms with E-state index in [1.54, 1.807) is 0 Å². The standard InChI is InChI=1S/C62H54N2O8/c1-5-41-45-25-46-42(6-2)48-27-50-44(8-4)52-28-51-43(7-3)49-26-47(41)55-30-57(49)69-61(39-13-9-35(10-14-39)37-17-21-63-22-18-37)71-59(51)32-60(52)72-62(40-15-11-36(12-16-40)38-19-23-64-24-20-38)70-58(50)31-56(48)68-34-66-54(46)29-53(45)65-33-67-55/h9-32,41-44,61-62H,5-8,33-34H2,1-4H3. The van der Waals surface area contributed by atoms with Crippen LogP contribution in [0, 0.1) is 0 Å². The molecule has 0 spiro atoms. The molecule has 0 N–H and O–H groups in total. The smallest absolute Gasteiger partial charge is 0.267 e. The third-order valence-electron chi connectivity index (χ3n) is 15.4. The third kappa shape index (κ3) is 7.45. The topological polar surface area (TPSA) is 99.6 Å². The molecule has 0 saturated carbocycles. The Labute approximate surface area is 419 Å². The van der Waals surface area contributed by atoms with Gasteiger partial charge in [0.05, 0.1) is 0 Å². The minimum Gasteiger partial charge on any atom is -0.457 e. The van der Waals surface area contributed by atoms with Gasteiger partial charge in [0, 0.05) is 128 Å². The van der Waals surface area contributed by atoms with Crippen LogP contribution in [0.2, 0.25) is 0 Å². The Kier molecular flexibility index (Phi) is 11.0. The van der Waals surface area contributed by atoms with Crippen molar-refractivity contribution in [1.29, 1.82) is 0 Å². The van der Waals surface area contributed by atoms with Crippen LogP contribution in [0.1, 0.15) is 145 Å². The van der Waals surface area contributed by atoms with E-state index in [0.29, 0.717) is 23.0 Å². The van der Waals surface area contributed by atoms with Crippen LogP contribution in [0.3, 0.4) is 0 Å². The summed E-state index contributed by atoms with van der Waals surface area (Å²) in [4.78, 5) is 8.47. The molecule has 6 unspecified atom stereocenters. The number of nitrogens with zero attached hydrogens (tertiary/aromatic N) is 2. The van der Waals surface area contributed by atoms with Gasteiger partial charge in [0.15, 0.2) is 0 Å². The second kappa shape index (κ2) is 18.0. The average molecular weight is 955 g/mol. The van der Waals surface area contributed by atoms with Crippen LogP contribution in [-0.2, 0) is 0 Å². The van der Waals surface area contributed by atoms with E-state index in [0.717, 1.165) is 127 Å². The fraction of sp³-hybridized carbons (Fsp3) is 0.258. The number of hydrogen-bond acceptors (Lipinski definition) is 10. The van der Waals surface area contributed by atoms with Crippen molar-refractivity contribution in [2.75, 3.05) is 13.6 Å². The highest BCUT2D eigenvalue weighted by molar-refractivity contribution is 5.67. The Morgan fingerprint density at radius 3 is 0.861 bits per heavy atom. The van der Waals surface area contributed by atoms with Crippen LogP contribution in [0.4, 0.5) is 0 Å². The lowest BCUT2D eigenvalue weighted by atomic mass is 9.77. The predicted molar refractivity (Wildman–Crippen MR) is 274 cm³/mol. The molecule has 10 nitrogen and oxygen atoms in total. The maximum absolute atomic E-state index is 7.27. The van der Waals surface area contributed by atoms with Gasteiger partial charge in [-0.3, -0.25) is 9.97 Å². The Morgan fingerprint density at radius 1 is 0.319 bits per heavy atom. The molecule has 13 rings (SSSR count). The second-order valence-corrected chi connectivity index (χ2v) is 19.2. The first kappa shape index (κ1) is 44.0. The van der Waals surface area contributed by atoms with Crippen LogP contribution in [0.5, 0.6) is 46.0 Å². The summed E-state index contributed by atoms with van der Waals surface area (Å²) in [5, 5.41) is 0. The predicted octanol–water partition coefficient (Wildman–Crippen LogP) is 14.7. The molecular formula is C62H54N2O8. The zero-order valence-electron chi connectivity index (χ0n) is 40.7. The Balaban J connectivity index is 1.08. The van der Waals surface area contributed by atoms with Crippen LogP contribution < -0.4 is 37.9 Å². The largest absolute Gasteiger partial charge is 0.457 e. The lowest BCUT2D eigenvalue weighted by Gasteiger charge is -2.36.